The topological polar surface area (TPSA) is 25.8 Å². The van der Waals surface area contributed by atoms with Gasteiger partial charge in [-0.15, -0.1) is 0 Å². The molecule has 10 rings (SSSR count). The zero-order valence-electron chi connectivity index (χ0n) is 24.4. The van der Waals surface area contributed by atoms with E-state index < -0.39 is 5.41 Å². The van der Waals surface area contributed by atoms with Gasteiger partial charge in [-0.3, -0.25) is 9.97 Å². The van der Waals surface area contributed by atoms with E-state index in [2.05, 4.69) is 137 Å². The van der Waals surface area contributed by atoms with E-state index in [1.54, 1.807) is 0 Å². The van der Waals surface area contributed by atoms with E-state index in [0.29, 0.717) is 0 Å². The second kappa shape index (κ2) is 9.07. The lowest BCUT2D eigenvalue weighted by molar-refractivity contribution is 0.802. The van der Waals surface area contributed by atoms with Crippen molar-refractivity contribution in [3.05, 3.63) is 180 Å². The Morgan fingerprint density at radius 1 is 0.400 bits per heavy atom. The smallest absolute Gasteiger partial charge is 0.0892 e. The molecule has 0 saturated carbocycles. The molecule has 2 nitrogen and oxygen atoms in total. The Morgan fingerprint density at radius 2 is 1.11 bits per heavy atom. The number of aromatic nitrogens is 2. The summed E-state index contributed by atoms with van der Waals surface area (Å²) in [5, 5.41) is 5.11. The summed E-state index contributed by atoms with van der Waals surface area (Å²) in [5.74, 6) is 0. The Bertz CT molecular complexity index is 2450. The highest BCUT2D eigenvalue weighted by molar-refractivity contribution is 6.11. The predicted molar refractivity (Wildman–Crippen MR) is 184 cm³/mol. The fraction of sp³-hybridized carbons (Fsp3) is 0.0233. The van der Waals surface area contributed by atoms with E-state index in [1.165, 1.54) is 71.6 Å². The van der Waals surface area contributed by atoms with Gasteiger partial charge in [-0.05, 0) is 108 Å². The summed E-state index contributed by atoms with van der Waals surface area (Å²) in [6, 6.07) is 53.5. The van der Waals surface area contributed by atoms with Gasteiger partial charge in [0.25, 0.3) is 0 Å². The van der Waals surface area contributed by atoms with Gasteiger partial charge >= 0.3 is 0 Å². The van der Waals surface area contributed by atoms with Crippen LogP contribution in [0.4, 0.5) is 0 Å². The molecular formula is C43H26N2. The van der Waals surface area contributed by atoms with Crippen LogP contribution < -0.4 is 0 Å². The molecule has 2 heterocycles. The van der Waals surface area contributed by atoms with Crippen molar-refractivity contribution in [3.8, 4) is 44.8 Å². The Kier molecular flexibility index (Phi) is 4.95. The quantitative estimate of drug-likeness (QED) is 0.207. The largest absolute Gasteiger partial charge is 0.255 e. The van der Waals surface area contributed by atoms with Gasteiger partial charge in [0.05, 0.1) is 16.8 Å². The summed E-state index contributed by atoms with van der Waals surface area (Å²) in [6.07, 6.45) is 3.70. The van der Waals surface area contributed by atoms with Crippen LogP contribution in [-0.4, -0.2) is 9.97 Å². The van der Waals surface area contributed by atoms with Crippen LogP contribution in [0.3, 0.4) is 0 Å². The maximum absolute atomic E-state index is 4.62. The van der Waals surface area contributed by atoms with Crippen LogP contribution in [0, 0.1) is 0 Å². The number of rotatable bonds is 2. The van der Waals surface area contributed by atoms with Crippen molar-refractivity contribution in [1.82, 2.24) is 9.97 Å². The molecular weight excluding hydrogens is 544 g/mol. The van der Waals surface area contributed by atoms with Crippen LogP contribution in [0.2, 0.25) is 0 Å². The number of hydrogen-bond acceptors (Lipinski definition) is 2. The fourth-order valence-corrected chi connectivity index (χ4v) is 8.19. The SMILES string of the molecule is c1ccc(-c2cc(-c3ccc4c5c(ccc4c3)-c3c(ccc4ccccc34)C53c4ccccc4-c4ccccc43)ccn2)nc1. The number of pyridine rings is 2. The fourth-order valence-electron chi connectivity index (χ4n) is 8.19. The van der Waals surface area contributed by atoms with Crippen molar-refractivity contribution in [1.29, 1.82) is 0 Å². The van der Waals surface area contributed by atoms with Gasteiger partial charge in [-0.25, -0.2) is 0 Å². The highest BCUT2D eigenvalue weighted by Crippen LogP contribution is 2.65. The van der Waals surface area contributed by atoms with Gasteiger partial charge in [-0.1, -0.05) is 115 Å². The number of fused-ring (bicyclic) bond motifs is 14. The average Bonchev–Trinajstić information content (AvgIpc) is 3.59. The first-order valence-corrected chi connectivity index (χ1v) is 15.5. The van der Waals surface area contributed by atoms with Crippen molar-refractivity contribution in [3.63, 3.8) is 0 Å². The summed E-state index contributed by atoms with van der Waals surface area (Å²) < 4.78 is 0. The van der Waals surface area contributed by atoms with Crippen LogP contribution in [-0.2, 0) is 5.41 Å². The van der Waals surface area contributed by atoms with Gasteiger partial charge in [0, 0.05) is 12.4 Å². The molecule has 0 radical (unpaired) electrons. The van der Waals surface area contributed by atoms with Gasteiger partial charge < -0.3 is 0 Å². The molecule has 0 aliphatic heterocycles. The van der Waals surface area contributed by atoms with Crippen molar-refractivity contribution >= 4 is 21.5 Å². The second-order valence-electron chi connectivity index (χ2n) is 12.1. The predicted octanol–water partition coefficient (Wildman–Crippen LogP) is 10.5. The zero-order valence-corrected chi connectivity index (χ0v) is 24.4. The first kappa shape index (κ1) is 24.6. The molecule has 0 atom stereocenters. The minimum Gasteiger partial charge on any atom is -0.255 e. The Labute approximate surface area is 261 Å². The van der Waals surface area contributed by atoms with E-state index in [9.17, 15) is 0 Å². The Hall–Kier alpha value is -5.86. The van der Waals surface area contributed by atoms with Gasteiger partial charge in [0.15, 0.2) is 0 Å². The second-order valence-corrected chi connectivity index (χ2v) is 12.1. The zero-order chi connectivity index (χ0) is 29.5. The molecule has 0 N–H and O–H groups in total. The Morgan fingerprint density at radius 3 is 1.93 bits per heavy atom. The highest BCUT2D eigenvalue weighted by Gasteiger charge is 2.52. The lowest BCUT2D eigenvalue weighted by Gasteiger charge is -2.31. The minimum atomic E-state index is -0.397. The third-order valence-corrected chi connectivity index (χ3v) is 9.97. The van der Waals surface area contributed by atoms with Crippen molar-refractivity contribution in [2.45, 2.75) is 5.41 Å². The van der Waals surface area contributed by atoms with Gasteiger partial charge in [0.2, 0.25) is 0 Å². The lowest BCUT2D eigenvalue weighted by Crippen LogP contribution is -2.26. The molecule has 2 aromatic heterocycles. The maximum atomic E-state index is 4.62. The van der Waals surface area contributed by atoms with Gasteiger partial charge in [0.1, 0.15) is 0 Å². The summed E-state index contributed by atoms with van der Waals surface area (Å²) in [4.78, 5) is 9.15. The van der Waals surface area contributed by atoms with Crippen molar-refractivity contribution in [2.75, 3.05) is 0 Å². The summed E-state index contributed by atoms with van der Waals surface area (Å²) in [5.41, 5.74) is 14.5. The monoisotopic (exact) mass is 570 g/mol. The number of hydrogen-bond donors (Lipinski definition) is 0. The number of nitrogens with zero attached hydrogens (tertiary/aromatic N) is 2. The minimum absolute atomic E-state index is 0.397. The molecule has 0 saturated heterocycles. The maximum Gasteiger partial charge on any atom is 0.0892 e. The molecule has 1 spiro atoms. The van der Waals surface area contributed by atoms with Crippen LogP contribution in [0.5, 0.6) is 0 Å². The first-order chi connectivity index (χ1) is 22.3. The molecule has 6 aromatic carbocycles. The molecule has 2 aliphatic carbocycles. The van der Waals surface area contributed by atoms with E-state index in [0.717, 1.165) is 17.0 Å². The molecule has 0 bridgehead atoms. The highest BCUT2D eigenvalue weighted by atomic mass is 14.8. The molecule has 0 unspecified atom stereocenters. The van der Waals surface area contributed by atoms with Crippen LogP contribution in [0.25, 0.3) is 66.3 Å². The number of benzene rings is 6. The average molecular weight is 571 g/mol. The van der Waals surface area contributed by atoms with E-state index >= 15 is 0 Å². The Balaban J connectivity index is 1.28. The van der Waals surface area contributed by atoms with E-state index in [1.807, 2.05) is 30.6 Å². The molecule has 0 fully saturated rings. The standard InChI is InChI=1S/C43H26N2/c1-2-10-31-27(9-1)18-21-38-41(31)35-20-17-30-25-28(29-22-24-45-40(26-29)39-15-7-8-23-44-39)16-19-32(30)42(35)43(38)36-13-5-3-11-33(36)34-12-4-6-14-37(34)43/h1-26H. The van der Waals surface area contributed by atoms with Gasteiger partial charge in [-0.2, -0.15) is 0 Å². The molecule has 8 aromatic rings. The molecule has 2 heteroatoms. The molecule has 2 aliphatic rings. The third kappa shape index (κ3) is 3.23. The summed E-state index contributed by atoms with van der Waals surface area (Å²) in [6.45, 7) is 0. The van der Waals surface area contributed by atoms with Crippen molar-refractivity contribution < 1.29 is 0 Å². The summed E-state index contributed by atoms with van der Waals surface area (Å²) in [7, 11) is 0. The van der Waals surface area contributed by atoms with Crippen LogP contribution >= 0.6 is 0 Å². The summed E-state index contributed by atoms with van der Waals surface area (Å²) >= 11 is 0. The third-order valence-electron chi connectivity index (χ3n) is 9.97. The molecule has 208 valence electrons. The van der Waals surface area contributed by atoms with Crippen molar-refractivity contribution in [2.24, 2.45) is 0 Å². The molecule has 0 amide bonds. The van der Waals surface area contributed by atoms with Crippen LogP contribution in [0.15, 0.2) is 158 Å². The van der Waals surface area contributed by atoms with E-state index in [4.69, 9.17) is 0 Å². The molecule has 45 heavy (non-hydrogen) atoms. The van der Waals surface area contributed by atoms with Crippen LogP contribution in [0.1, 0.15) is 22.3 Å². The lowest BCUT2D eigenvalue weighted by atomic mass is 9.69. The van der Waals surface area contributed by atoms with E-state index in [-0.39, 0.29) is 0 Å². The normalized spacial score (nSPS) is 13.5. The first-order valence-electron chi connectivity index (χ1n) is 15.5.